The van der Waals surface area contributed by atoms with Gasteiger partial charge in [0.05, 0.1) is 5.60 Å². The molecular formula is C17H28N2O. The Kier molecular flexibility index (Phi) is 5.19. The van der Waals surface area contributed by atoms with E-state index in [0.717, 1.165) is 31.7 Å². The van der Waals surface area contributed by atoms with Crippen molar-refractivity contribution < 1.29 is 5.11 Å². The van der Waals surface area contributed by atoms with E-state index in [1.165, 1.54) is 6.42 Å². The summed E-state index contributed by atoms with van der Waals surface area (Å²) in [6.45, 7) is 11.5. The van der Waals surface area contributed by atoms with Crippen LogP contribution in [-0.4, -0.2) is 53.7 Å². The smallest absolute Gasteiger partial charge is 0.0994 e. The lowest BCUT2D eigenvalue weighted by Gasteiger charge is -2.40. The molecule has 3 nitrogen and oxygen atoms in total. The van der Waals surface area contributed by atoms with Crippen LogP contribution in [0.25, 0.3) is 0 Å². The number of rotatable bonds is 5. The van der Waals surface area contributed by atoms with Gasteiger partial charge in [0, 0.05) is 38.8 Å². The molecule has 3 heteroatoms. The van der Waals surface area contributed by atoms with Crippen LogP contribution in [0.2, 0.25) is 0 Å². The van der Waals surface area contributed by atoms with Crippen LogP contribution in [-0.2, 0) is 5.60 Å². The second-order valence-electron chi connectivity index (χ2n) is 6.21. The molecule has 2 unspecified atom stereocenters. The van der Waals surface area contributed by atoms with Gasteiger partial charge < -0.3 is 5.11 Å². The van der Waals surface area contributed by atoms with Crippen molar-refractivity contribution >= 4 is 0 Å². The van der Waals surface area contributed by atoms with Crippen LogP contribution in [0.4, 0.5) is 0 Å². The highest BCUT2D eigenvalue weighted by Gasteiger charge is 2.28. The second-order valence-corrected chi connectivity index (χ2v) is 6.21. The van der Waals surface area contributed by atoms with E-state index in [1.807, 2.05) is 37.3 Å². The molecule has 2 rings (SSSR count). The molecule has 1 fully saturated rings. The van der Waals surface area contributed by atoms with Gasteiger partial charge in [-0.3, -0.25) is 9.80 Å². The average molecular weight is 276 g/mol. The zero-order valence-corrected chi connectivity index (χ0v) is 13.0. The molecule has 1 N–H and O–H groups in total. The van der Waals surface area contributed by atoms with Crippen molar-refractivity contribution in [1.82, 2.24) is 9.80 Å². The minimum absolute atomic E-state index is 0.673. The van der Waals surface area contributed by atoms with Crippen LogP contribution < -0.4 is 0 Å². The van der Waals surface area contributed by atoms with Crippen LogP contribution in [0.5, 0.6) is 0 Å². The van der Waals surface area contributed by atoms with Crippen LogP contribution in [0.15, 0.2) is 30.3 Å². The summed E-state index contributed by atoms with van der Waals surface area (Å²) >= 11 is 0. The minimum Gasteiger partial charge on any atom is -0.384 e. The number of hydrogen-bond donors (Lipinski definition) is 1. The predicted molar refractivity (Wildman–Crippen MR) is 83.8 cm³/mol. The van der Waals surface area contributed by atoms with Crippen molar-refractivity contribution in [2.24, 2.45) is 0 Å². The minimum atomic E-state index is -0.764. The van der Waals surface area contributed by atoms with Gasteiger partial charge in [-0.05, 0) is 25.8 Å². The van der Waals surface area contributed by atoms with Gasteiger partial charge in [-0.15, -0.1) is 0 Å². The Morgan fingerprint density at radius 3 is 2.30 bits per heavy atom. The largest absolute Gasteiger partial charge is 0.384 e. The molecule has 1 aromatic carbocycles. The Hall–Kier alpha value is -0.900. The van der Waals surface area contributed by atoms with E-state index < -0.39 is 5.60 Å². The third kappa shape index (κ3) is 3.81. The summed E-state index contributed by atoms with van der Waals surface area (Å²) in [5, 5.41) is 10.7. The number of nitrogens with zero attached hydrogens (tertiary/aromatic N) is 2. The molecule has 0 aromatic heterocycles. The standard InChI is InChI=1S/C17H28N2O/c1-4-15(2)19-12-10-18(11-13-19)14-17(3,20)16-8-6-5-7-9-16/h5-9,15,20H,4,10-14H2,1-3H3. The monoisotopic (exact) mass is 276 g/mol. The molecule has 1 aromatic rings. The predicted octanol–water partition coefficient (Wildman–Crippen LogP) is 2.31. The fraction of sp³-hybridized carbons (Fsp3) is 0.647. The van der Waals surface area contributed by atoms with Crippen molar-refractivity contribution in [3.63, 3.8) is 0 Å². The number of piperazine rings is 1. The average Bonchev–Trinajstić information content (AvgIpc) is 2.48. The van der Waals surface area contributed by atoms with Gasteiger partial charge in [0.2, 0.25) is 0 Å². The lowest BCUT2D eigenvalue weighted by molar-refractivity contribution is -0.00398. The van der Waals surface area contributed by atoms with Gasteiger partial charge in [0.1, 0.15) is 0 Å². The van der Waals surface area contributed by atoms with Crippen molar-refractivity contribution in [3.05, 3.63) is 35.9 Å². The van der Waals surface area contributed by atoms with Crippen LogP contribution in [0, 0.1) is 0 Å². The molecular weight excluding hydrogens is 248 g/mol. The van der Waals surface area contributed by atoms with Crippen molar-refractivity contribution in [2.75, 3.05) is 32.7 Å². The molecule has 0 spiro atoms. The van der Waals surface area contributed by atoms with E-state index in [0.29, 0.717) is 12.6 Å². The highest BCUT2D eigenvalue weighted by molar-refractivity contribution is 5.21. The number of aliphatic hydroxyl groups is 1. The number of benzene rings is 1. The van der Waals surface area contributed by atoms with Crippen molar-refractivity contribution in [1.29, 1.82) is 0 Å². The number of β-amino-alcohol motifs (C(OH)–C–C–N with tert-alkyl or cyclic N) is 1. The van der Waals surface area contributed by atoms with E-state index in [2.05, 4.69) is 23.6 Å². The Balaban J connectivity index is 1.89. The summed E-state index contributed by atoms with van der Waals surface area (Å²) in [6, 6.07) is 10.7. The van der Waals surface area contributed by atoms with Crippen molar-refractivity contribution in [3.8, 4) is 0 Å². The maximum absolute atomic E-state index is 10.7. The molecule has 1 heterocycles. The maximum Gasteiger partial charge on any atom is 0.0994 e. The molecule has 1 aliphatic rings. The van der Waals surface area contributed by atoms with E-state index >= 15 is 0 Å². The molecule has 0 saturated carbocycles. The second kappa shape index (κ2) is 6.70. The maximum atomic E-state index is 10.7. The molecule has 0 aliphatic carbocycles. The Morgan fingerprint density at radius 2 is 1.75 bits per heavy atom. The fourth-order valence-electron chi connectivity index (χ4n) is 2.94. The van der Waals surface area contributed by atoms with E-state index in [-0.39, 0.29) is 0 Å². The van der Waals surface area contributed by atoms with E-state index in [1.54, 1.807) is 0 Å². The first-order valence-corrected chi connectivity index (χ1v) is 7.77. The van der Waals surface area contributed by atoms with Crippen LogP contribution >= 0.6 is 0 Å². The molecule has 20 heavy (non-hydrogen) atoms. The lowest BCUT2D eigenvalue weighted by Crippen LogP contribution is -2.52. The van der Waals surface area contributed by atoms with Gasteiger partial charge in [-0.25, -0.2) is 0 Å². The summed E-state index contributed by atoms with van der Waals surface area (Å²) in [4.78, 5) is 4.93. The summed E-state index contributed by atoms with van der Waals surface area (Å²) in [5.41, 5.74) is 0.240. The number of hydrogen-bond acceptors (Lipinski definition) is 3. The Labute approximate surface area is 123 Å². The van der Waals surface area contributed by atoms with Gasteiger partial charge in [-0.1, -0.05) is 37.3 Å². The molecule has 112 valence electrons. The van der Waals surface area contributed by atoms with E-state index in [9.17, 15) is 5.11 Å². The Morgan fingerprint density at radius 1 is 1.15 bits per heavy atom. The molecule has 0 amide bonds. The highest BCUT2D eigenvalue weighted by atomic mass is 16.3. The SMILES string of the molecule is CCC(C)N1CCN(CC(C)(O)c2ccccc2)CC1. The third-order valence-electron chi connectivity index (χ3n) is 4.55. The van der Waals surface area contributed by atoms with Crippen molar-refractivity contribution in [2.45, 2.75) is 38.8 Å². The van der Waals surface area contributed by atoms with Gasteiger partial charge >= 0.3 is 0 Å². The topological polar surface area (TPSA) is 26.7 Å². The lowest BCUT2D eigenvalue weighted by atomic mass is 9.95. The normalized spacial score (nSPS) is 22.4. The first kappa shape index (κ1) is 15.5. The molecule has 2 atom stereocenters. The first-order valence-electron chi connectivity index (χ1n) is 7.77. The molecule has 1 saturated heterocycles. The molecule has 0 radical (unpaired) electrons. The van der Waals surface area contributed by atoms with Crippen LogP contribution in [0.1, 0.15) is 32.8 Å². The van der Waals surface area contributed by atoms with E-state index in [4.69, 9.17) is 0 Å². The first-order chi connectivity index (χ1) is 9.53. The Bertz CT molecular complexity index is 397. The third-order valence-corrected chi connectivity index (χ3v) is 4.55. The molecule has 1 aliphatic heterocycles. The summed E-state index contributed by atoms with van der Waals surface area (Å²) in [7, 11) is 0. The molecule has 0 bridgehead atoms. The van der Waals surface area contributed by atoms with Gasteiger partial charge in [0.25, 0.3) is 0 Å². The van der Waals surface area contributed by atoms with Gasteiger partial charge in [0.15, 0.2) is 0 Å². The quantitative estimate of drug-likeness (QED) is 0.894. The zero-order chi connectivity index (χ0) is 14.6. The summed E-state index contributed by atoms with van der Waals surface area (Å²) in [6.07, 6.45) is 1.21. The fourth-order valence-corrected chi connectivity index (χ4v) is 2.94. The highest BCUT2D eigenvalue weighted by Crippen LogP contribution is 2.22. The summed E-state index contributed by atoms with van der Waals surface area (Å²) in [5.74, 6) is 0. The van der Waals surface area contributed by atoms with Gasteiger partial charge in [-0.2, -0.15) is 0 Å². The van der Waals surface area contributed by atoms with Crippen LogP contribution in [0.3, 0.4) is 0 Å². The zero-order valence-electron chi connectivity index (χ0n) is 13.0. The summed E-state index contributed by atoms with van der Waals surface area (Å²) < 4.78 is 0.